The molecule has 0 amide bonds. The van der Waals surface area contributed by atoms with Gasteiger partial charge in [0.1, 0.15) is 0 Å². The number of nitrogens with two attached hydrogens (primary N) is 1. The Bertz CT molecular complexity index is 332. The maximum atomic E-state index is 11.6. The van der Waals surface area contributed by atoms with Gasteiger partial charge in [-0.25, -0.2) is 0 Å². The van der Waals surface area contributed by atoms with Crippen molar-refractivity contribution in [2.75, 3.05) is 0 Å². The summed E-state index contributed by atoms with van der Waals surface area (Å²) in [5.74, 6) is -0.0819. The van der Waals surface area contributed by atoms with Gasteiger partial charge in [-0.05, 0) is 30.7 Å². The lowest BCUT2D eigenvalue weighted by Gasteiger charge is -2.07. The van der Waals surface area contributed by atoms with E-state index in [0.29, 0.717) is 17.0 Å². The molecule has 0 heterocycles. The van der Waals surface area contributed by atoms with E-state index in [1.54, 1.807) is 30.3 Å². The Morgan fingerprint density at radius 1 is 1.50 bits per heavy atom. The van der Waals surface area contributed by atoms with Crippen LogP contribution >= 0.6 is 11.6 Å². The van der Waals surface area contributed by atoms with E-state index in [2.05, 4.69) is 6.58 Å². The number of halogens is 1. The van der Waals surface area contributed by atoms with E-state index in [1.165, 1.54) is 0 Å². The monoisotopic (exact) mass is 209 g/mol. The Kier molecular flexibility index (Phi) is 3.86. The lowest BCUT2D eigenvalue weighted by atomic mass is 10.0. The van der Waals surface area contributed by atoms with Gasteiger partial charge in [-0.15, -0.1) is 6.58 Å². The average Bonchev–Trinajstić information content (AvgIpc) is 2.18. The van der Waals surface area contributed by atoms with Gasteiger partial charge in [-0.3, -0.25) is 4.79 Å². The highest BCUT2D eigenvalue weighted by molar-refractivity contribution is 6.30. The van der Waals surface area contributed by atoms with Crippen LogP contribution in [0.3, 0.4) is 0 Å². The molecule has 1 aromatic rings. The molecule has 0 aliphatic carbocycles. The summed E-state index contributed by atoms with van der Waals surface area (Å²) in [5.41, 5.74) is 6.23. The first-order valence-corrected chi connectivity index (χ1v) is 4.69. The molecule has 14 heavy (non-hydrogen) atoms. The molecule has 74 valence electrons. The van der Waals surface area contributed by atoms with Crippen molar-refractivity contribution in [3.05, 3.63) is 47.5 Å². The second kappa shape index (κ2) is 4.94. The van der Waals surface area contributed by atoms with Crippen molar-refractivity contribution in [2.45, 2.75) is 12.5 Å². The number of benzene rings is 1. The van der Waals surface area contributed by atoms with Crippen molar-refractivity contribution in [3.63, 3.8) is 0 Å². The van der Waals surface area contributed by atoms with Crippen LogP contribution in [0.2, 0.25) is 5.02 Å². The smallest absolute Gasteiger partial charge is 0.179 e. The van der Waals surface area contributed by atoms with E-state index in [4.69, 9.17) is 17.3 Å². The molecule has 0 bridgehead atoms. The Labute approximate surface area is 88.4 Å². The van der Waals surface area contributed by atoms with Crippen LogP contribution in [-0.4, -0.2) is 11.8 Å². The Balaban J connectivity index is 2.78. The van der Waals surface area contributed by atoms with Gasteiger partial charge in [0.25, 0.3) is 0 Å². The first-order valence-electron chi connectivity index (χ1n) is 4.31. The van der Waals surface area contributed by atoms with Crippen LogP contribution in [0, 0.1) is 0 Å². The van der Waals surface area contributed by atoms with Crippen LogP contribution in [0.4, 0.5) is 0 Å². The number of Topliss-reactive ketones (excluding diaryl/α,β-unsaturated/α-hetero) is 1. The largest absolute Gasteiger partial charge is 0.321 e. The molecule has 2 nitrogen and oxygen atoms in total. The summed E-state index contributed by atoms with van der Waals surface area (Å²) in [6.07, 6.45) is 2.12. The van der Waals surface area contributed by atoms with Crippen LogP contribution < -0.4 is 5.73 Å². The quantitative estimate of drug-likeness (QED) is 0.612. The summed E-state index contributed by atoms with van der Waals surface area (Å²) in [4.78, 5) is 11.6. The molecule has 0 saturated carbocycles. The number of ketones is 1. The average molecular weight is 210 g/mol. The number of rotatable bonds is 4. The molecule has 1 atom stereocenters. The van der Waals surface area contributed by atoms with Crippen LogP contribution in [-0.2, 0) is 0 Å². The summed E-state index contributed by atoms with van der Waals surface area (Å²) in [5, 5.41) is 0.610. The summed E-state index contributed by atoms with van der Waals surface area (Å²) < 4.78 is 0. The lowest BCUT2D eigenvalue weighted by molar-refractivity contribution is 0.0962. The molecule has 0 spiro atoms. The molecule has 1 rings (SSSR count). The number of carbonyl (C=O) groups excluding carboxylic acids is 1. The van der Waals surface area contributed by atoms with Crippen molar-refractivity contribution in [3.8, 4) is 0 Å². The van der Waals surface area contributed by atoms with Gasteiger partial charge in [0, 0.05) is 10.6 Å². The molecular weight excluding hydrogens is 198 g/mol. The molecule has 0 aliphatic rings. The molecule has 0 aromatic heterocycles. The summed E-state index contributed by atoms with van der Waals surface area (Å²) >= 11 is 5.70. The van der Waals surface area contributed by atoms with Crippen molar-refractivity contribution >= 4 is 17.4 Å². The van der Waals surface area contributed by atoms with Crippen molar-refractivity contribution < 1.29 is 4.79 Å². The maximum Gasteiger partial charge on any atom is 0.179 e. The third-order valence-electron chi connectivity index (χ3n) is 1.89. The third-order valence-corrected chi connectivity index (χ3v) is 2.14. The van der Waals surface area contributed by atoms with Crippen molar-refractivity contribution in [2.24, 2.45) is 5.73 Å². The SMILES string of the molecule is C=CCC(N)C(=O)c1ccc(Cl)cc1. The molecule has 3 heteroatoms. The van der Waals surface area contributed by atoms with Crippen molar-refractivity contribution in [1.29, 1.82) is 0 Å². The molecule has 1 aromatic carbocycles. The van der Waals surface area contributed by atoms with E-state index in [1.807, 2.05) is 0 Å². The third kappa shape index (κ3) is 2.69. The van der Waals surface area contributed by atoms with Gasteiger partial charge in [-0.1, -0.05) is 17.7 Å². The Morgan fingerprint density at radius 3 is 2.57 bits per heavy atom. The van der Waals surface area contributed by atoms with Gasteiger partial charge >= 0.3 is 0 Å². The minimum absolute atomic E-state index is 0.0819. The van der Waals surface area contributed by atoms with Crippen LogP contribution in [0.15, 0.2) is 36.9 Å². The minimum Gasteiger partial charge on any atom is -0.321 e. The van der Waals surface area contributed by atoms with Crippen molar-refractivity contribution in [1.82, 2.24) is 0 Å². The lowest BCUT2D eigenvalue weighted by Crippen LogP contribution is -2.29. The fraction of sp³-hybridized carbons (Fsp3) is 0.182. The van der Waals surface area contributed by atoms with Gasteiger partial charge in [0.05, 0.1) is 6.04 Å². The van der Waals surface area contributed by atoms with Crippen LogP contribution in [0.25, 0.3) is 0 Å². The first kappa shape index (κ1) is 11.0. The zero-order valence-electron chi connectivity index (χ0n) is 7.74. The fourth-order valence-electron chi connectivity index (χ4n) is 1.11. The molecule has 0 fully saturated rings. The highest BCUT2D eigenvalue weighted by Crippen LogP contribution is 2.11. The fourth-order valence-corrected chi connectivity index (χ4v) is 1.24. The summed E-state index contributed by atoms with van der Waals surface area (Å²) in [6.45, 7) is 3.54. The second-order valence-corrected chi connectivity index (χ2v) is 3.44. The van der Waals surface area contributed by atoms with Gasteiger partial charge in [0.15, 0.2) is 5.78 Å². The zero-order chi connectivity index (χ0) is 10.6. The zero-order valence-corrected chi connectivity index (χ0v) is 8.50. The van der Waals surface area contributed by atoms with E-state index in [-0.39, 0.29) is 5.78 Å². The molecule has 2 N–H and O–H groups in total. The highest BCUT2D eigenvalue weighted by Gasteiger charge is 2.13. The molecule has 0 radical (unpaired) electrons. The summed E-state index contributed by atoms with van der Waals surface area (Å²) in [7, 11) is 0. The first-order chi connectivity index (χ1) is 6.65. The predicted octanol–water partition coefficient (Wildman–Crippen LogP) is 2.43. The highest BCUT2D eigenvalue weighted by atomic mass is 35.5. The van der Waals surface area contributed by atoms with E-state index in [0.717, 1.165) is 0 Å². The normalized spacial score (nSPS) is 12.1. The number of carbonyl (C=O) groups is 1. The minimum atomic E-state index is -0.506. The number of hydrogen-bond donors (Lipinski definition) is 1. The Hall–Kier alpha value is -1.12. The predicted molar refractivity (Wildman–Crippen MR) is 58.6 cm³/mol. The van der Waals surface area contributed by atoms with Gasteiger partial charge in [-0.2, -0.15) is 0 Å². The molecule has 1 unspecified atom stereocenters. The second-order valence-electron chi connectivity index (χ2n) is 3.00. The van der Waals surface area contributed by atoms with E-state index >= 15 is 0 Å². The van der Waals surface area contributed by atoms with Crippen LogP contribution in [0.5, 0.6) is 0 Å². The van der Waals surface area contributed by atoms with E-state index in [9.17, 15) is 4.79 Å². The van der Waals surface area contributed by atoms with Crippen LogP contribution in [0.1, 0.15) is 16.8 Å². The van der Waals surface area contributed by atoms with Gasteiger partial charge < -0.3 is 5.73 Å². The van der Waals surface area contributed by atoms with E-state index < -0.39 is 6.04 Å². The molecule has 0 saturated heterocycles. The molecule has 0 aliphatic heterocycles. The summed E-state index contributed by atoms with van der Waals surface area (Å²) in [6, 6.07) is 6.19. The standard InChI is InChI=1S/C11H12ClNO/c1-2-3-10(13)11(14)8-4-6-9(12)7-5-8/h2,4-7,10H,1,3,13H2. The van der Waals surface area contributed by atoms with Gasteiger partial charge in [0.2, 0.25) is 0 Å². The topological polar surface area (TPSA) is 43.1 Å². The Morgan fingerprint density at radius 2 is 2.07 bits per heavy atom. The molecular formula is C11H12ClNO. The maximum absolute atomic E-state index is 11.6. The number of hydrogen-bond acceptors (Lipinski definition) is 2.